The molecule has 3 nitrogen and oxygen atoms in total. The Bertz CT molecular complexity index is 409. The summed E-state index contributed by atoms with van der Waals surface area (Å²) in [6, 6.07) is 6.44. The first-order valence-electron chi connectivity index (χ1n) is 7.37. The van der Waals surface area contributed by atoms with Crippen molar-refractivity contribution in [1.82, 2.24) is 5.32 Å². The molecule has 0 saturated carbocycles. The van der Waals surface area contributed by atoms with Crippen LogP contribution in [0.3, 0.4) is 0 Å². The van der Waals surface area contributed by atoms with Crippen molar-refractivity contribution < 1.29 is 5.11 Å². The molecule has 0 radical (unpaired) electrons. The van der Waals surface area contributed by atoms with Gasteiger partial charge in [0.1, 0.15) is 0 Å². The Labute approximate surface area is 127 Å². The van der Waals surface area contributed by atoms with Crippen LogP contribution in [0.1, 0.15) is 45.2 Å². The number of aliphatic hydroxyl groups is 1. The zero-order valence-corrected chi connectivity index (χ0v) is 13.7. The highest BCUT2D eigenvalue weighted by atomic mass is 35.5. The molecule has 1 aromatic carbocycles. The quantitative estimate of drug-likeness (QED) is 0.769. The molecule has 0 aromatic heterocycles. The molecular weight excluding hydrogens is 272 g/mol. The van der Waals surface area contributed by atoms with Crippen molar-refractivity contribution >= 4 is 17.3 Å². The van der Waals surface area contributed by atoms with Gasteiger partial charge in [0.2, 0.25) is 0 Å². The van der Waals surface area contributed by atoms with E-state index in [1.54, 1.807) is 0 Å². The standard InChI is InChI=1S/C16H27ClN2O/c1-5-9-18-13(3)15-7-6-14(11-16(15)17)19(4)10-8-12(2)20/h6-7,11-13,18,20H,5,8-10H2,1-4H3. The zero-order valence-electron chi connectivity index (χ0n) is 13.0. The van der Waals surface area contributed by atoms with E-state index in [4.69, 9.17) is 11.6 Å². The minimum atomic E-state index is -0.273. The second-order valence-corrected chi connectivity index (χ2v) is 5.85. The van der Waals surface area contributed by atoms with Crippen molar-refractivity contribution in [3.05, 3.63) is 28.8 Å². The average Bonchev–Trinajstić information content (AvgIpc) is 2.41. The van der Waals surface area contributed by atoms with Crippen molar-refractivity contribution in [3.63, 3.8) is 0 Å². The third kappa shape index (κ3) is 5.31. The van der Waals surface area contributed by atoms with Gasteiger partial charge in [0.05, 0.1) is 6.10 Å². The Morgan fingerprint density at radius 2 is 2.05 bits per heavy atom. The molecule has 0 saturated heterocycles. The molecule has 0 amide bonds. The first-order valence-corrected chi connectivity index (χ1v) is 7.75. The molecule has 0 aliphatic carbocycles. The Morgan fingerprint density at radius 3 is 2.60 bits per heavy atom. The summed E-state index contributed by atoms with van der Waals surface area (Å²) in [5, 5.41) is 13.6. The van der Waals surface area contributed by atoms with Gasteiger partial charge in [0, 0.05) is 30.3 Å². The molecule has 0 aliphatic rings. The van der Waals surface area contributed by atoms with Crippen molar-refractivity contribution in [3.8, 4) is 0 Å². The van der Waals surface area contributed by atoms with Gasteiger partial charge in [-0.3, -0.25) is 0 Å². The maximum absolute atomic E-state index is 9.34. The van der Waals surface area contributed by atoms with E-state index >= 15 is 0 Å². The van der Waals surface area contributed by atoms with Gasteiger partial charge in [0.15, 0.2) is 0 Å². The second kappa shape index (κ2) is 8.50. The first-order chi connectivity index (χ1) is 9.45. The smallest absolute Gasteiger partial charge is 0.0528 e. The lowest BCUT2D eigenvalue weighted by molar-refractivity contribution is 0.187. The lowest BCUT2D eigenvalue weighted by Gasteiger charge is -2.22. The van der Waals surface area contributed by atoms with Gasteiger partial charge in [0.25, 0.3) is 0 Å². The summed E-state index contributed by atoms with van der Waals surface area (Å²) in [5.74, 6) is 0. The van der Waals surface area contributed by atoms with E-state index in [0.29, 0.717) is 0 Å². The normalized spacial score (nSPS) is 14.1. The minimum absolute atomic E-state index is 0.263. The Kier molecular flexibility index (Phi) is 7.35. The van der Waals surface area contributed by atoms with E-state index in [2.05, 4.69) is 36.2 Å². The van der Waals surface area contributed by atoms with Gasteiger partial charge in [-0.05, 0) is 50.9 Å². The predicted octanol–water partition coefficient (Wildman–Crippen LogP) is 3.61. The largest absolute Gasteiger partial charge is 0.393 e. The first kappa shape index (κ1) is 17.3. The van der Waals surface area contributed by atoms with E-state index in [-0.39, 0.29) is 12.1 Å². The molecule has 0 aliphatic heterocycles. The predicted molar refractivity (Wildman–Crippen MR) is 87.7 cm³/mol. The fourth-order valence-electron chi connectivity index (χ4n) is 2.09. The molecule has 2 N–H and O–H groups in total. The van der Waals surface area contributed by atoms with Crippen LogP contribution in [-0.4, -0.2) is 31.3 Å². The van der Waals surface area contributed by atoms with Crippen LogP contribution in [0.4, 0.5) is 5.69 Å². The van der Waals surface area contributed by atoms with Gasteiger partial charge in [-0.15, -0.1) is 0 Å². The molecule has 0 fully saturated rings. The molecular formula is C16H27ClN2O. The number of rotatable bonds is 8. The fraction of sp³-hybridized carbons (Fsp3) is 0.625. The topological polar surface area (TPSA) is 35.5 Å². The van der Waals surface area contributed by atoms with Gasteiger partial charge in [-0.2, -0.15) is 0 Å². The van der Waals surface area contributed by atoms with Crippen LogP contribution in [0.5, 0.6) is 0 Å². The number of benzene rings is 1. The Balaban J connectivity index is 2.71. The van der Waals surface area contributed by atoms with Gasteiger partial charge < -0.3 is 15.3 Å². The van der Waals surface area contributed by atoms with Crippen LogP contribution in [0.25, 0.3) is 0 Å². The number of hydrogen-bond donors (Lipinski definition) is 2. The number of halogens is 1. The number of hydrogen-bond acceptors (Lipinski definition) is 3. The summed E-state index contributed by atoms with van der Waals surface area (Å²) >= 11 is 6.39. The molecule has 0 bridgehead atoms. The van der Waals surface area contributed by atoms with E-state index in [9.17, 15) is 5.11 Å². The minimum Gasteiger partial charge on any atom is -0.393 e. The summed E-state index contributed by atoms with van der Waals surface area (Å²) < 4.78 is 0. The fourth-order valence-corrected chi connectivity index (χ4v) is 2.42. The third-order valence-corrected chi connectivity index (χ3v) is 3.80. The number of anilines is 1. The van der Waals surface area contributed by atoms with Crippen LogP contribution in [0.15, 0.2) is 18.2 Å². The van der Waals surface area contributed by atoms with Crippen molar-refractivity contribution in [2.24, 2.45) is 0 Å². The van der Waals surface area contributed by atoms with Crippen LogP contribution in [0.2, 0.25) is 5.02 Å². The average molecular weight is 299 g/mol. The van der Waals surface area contributed by atoms with E-state index in [1.165, 1.54) is 0 Å². The summed E-state index contributed by atoms with van der Waals surface area (Å²) in [6.07, 6.45) is 1.59. The lowest BCUT2D eigenvalue weighted by atomic mass is 10.1. The third-order valence-electron chi connectivity index (χ3n) is 3.47. The second-order valence-electron chi connectivity index (χ2n) is 5.44. The Hall–Kier alpha value is -0.770. The lowest BCUT2D eigenvalue weighted by Crippen LogP contribution is -2.22. The van der Waals surface area contributed by atoms with Crippen LogP contribution in [0, 0.1) is 0 Å². The van der Waals surface area contributed by atoms with Crippen LogP contribution < -0.4 is 10.2 Å². The molecule has 114 valence electrons. The molecule has 4 heteroatoms. The van der Waals surface area contributed by atoms with Gasteiger partial charge in [-0.1, -0.05) is 24.6 Å². The van der Waals surface area contributed by atoms with Gasteiger partial charge in [-0.25, -0.2) is 0 Å². The zero-order chi connectivity index (χ0) is 15.1. The van der Waals surface area contributed by atoms with Gasteiger partial charge >= 0.3 is 0 Å². The van der Waals surface area contributed by atoms with E-state index < -0.39 is 0 Å². The molecule has 1 aromatic rings. The summed E-state index contributed by atoms with van der Waals surface area (Å²) in [4.78, 5) is 2.12. The summed E-state index contributed by atoms with van der Waals surface area (Å²) in [6.45, 7) is 7.91. The molecule has 2 atom stereocenters. The van der Waals surface area contributed by atoms with Crippen molar-refractivity contribution in [2.45, 2.75) is 45.8 Å². The number of nitrogens with zero attached hydrogens (tertiary/aromatic N) is 1. The molecule has 0 heterocycles. The monoisotopic (exact) mass is 298 g/mol. The Morgan fingerprint density at radius 1 is 1.35 bits per heavy atom. The molecule has 2 unspecified atom stereocenters. The maximum Gasteiger partial charge on any atom is 0.0528 e. The highest BCUT2D eigenvalue weighted by Gasteiger charge is 2.11. The van der Waals surface area contributed by atoms with E-state index in [1.807, 2.05) is 20.0 Å². The summed E-state index contributed by atoms with van der Waals surface area (Å²) in [7, 11) is 2.02. The summed E-state index contributed by atoms with van der Waals surface area (Å²) in [5.41, 5.74) is 2.22. The molecule has 0 spiro atoms. The molecule has 20 heavy (non-hydrogen) atoms. The van der Waals surface area contributed by atoms with Crippen LogP contribution in [-0.2, 0) is 0 Å². The van der Waals surface area contributed by atoms with Crippen molar-refractivity contribution in [1.29, 1.82) is 0 Å². The van der Waals surface area contributed by atoms with Crippen LogP contribution >= 0.6 is 11.6 Å². The number of nitrogens with one attached hydrogen (secondary N) is 1. The van der Waals surface area contributed by atoms with E-state index in [0.717, 1.165) is 42.2 Å². The maximum atomic E-state index is 9.34. The highest BCUT2D eigenvalue weighted by molar-refractivity contribution is 6.31. The highest BCUT2D eigenvalue weighted by Crippen LogP contribution is 2.27. The molecule has 1 rings (SSSR count). The van der Waals surface area contributed by atoms with Crippen molar-refractivity contribution in [2.75, 3.05) is 25.0 Å². The SMILES string of the molecule is CCCNC(C)c1ccc(N(C)CCC(C)O)cc1Cl. The number of aliphatic hydroxyl groups excluding tert-OH is 1.